The van der Waals surface area contributed by atoms with Gasteiger partial charge in [0.2, 0.25) is 5.91 Å². The average Bonchev–Trinajstić information content (AvgIpc) is 3.17. The Hall–Kier alpha value is -1.95. The van der Waals surface area contributed by atoms with Crippen molar-refractivity contribution in [3.8, 4) is 0 Å². The Morgan fingerprint density at radius 1 is 1.43 bits per heavy atom. The van der Waals surface area contributed by atoms with E-state index < -0.39 is 0 Å². The molecule has 0 unspecified atom stereocenters. The molecule has 4 rings (SSSR count). The van der Waals surface area contributed by atoms with Crippen LogP contribution in [0.1, 0.15) is 24.1 Å². The van der Waals surface area contributed by atoms with E-state index in [1.165, 1.54) is 0 Å². The van der Waals surface area contributed by atoms with Gasteiger partial charge in [0.25, 0.3) is 0 Å². The molecular weight excluding hydrogens is 308 g/mol. The summed E-state index contributed by atoms with van der Waals surface area (Å²) in [5.41, 5.74) is 0.329. The predicted octanol–water partition coefficient (Wildman–Crippen LogP) is 2.57. The van der Waals surface area contributed by atoms with Gasteiger partial charge in [-0.1, -0.05) is 6.07 Å². The summed E-state index contributed by atoms with van der Waals surface area (Å²) >= 11 is 1.66. The van der Waals surface area contributed by atoms with Crippen LogP contribution in [-0.2, 0) is 11.2 Å². The largest absolute Gasteiger partial charge is 0.367 e. The first-order valence-corrected chi connectivity index (χ1v) is 8.93. The molecule has 1 aliphatic carbocycles. The lowest BCUT2D eigenvalue weighted by Gasteiger charge is -2.45. The van der Waals surface area contributed by atoms with Crippen molar-refractivity contribution in [1.29, 1.82) is 0 Å². The highest BCUT2D eigenvalue weighted by molar-refractivity contribution is 7.10. The maximum Gasteiger partial charge on any atom is 0.227 e. The highest BCUT2D eigenvalue weighted by Crippen LogP contribution is 2.49. The van der Waals surface area contributed by atoms with Crippen molar-refractivity contribution in [3.63, 3.8) is 0 Å². The summed E-state index contributed by atoms with van der Waals surface area (Å²) in [5, 5.41) is 5.49. The number of likely N-dealkylation sites (tertiary alicyclic amines) is 1. The minimum Gasteiger partial charge on any atom is -0.367 e. The lowest BCUT2D eigenvalue weighted by molar-refractivity contribution is -0.130. The van der Waals surface area contributed by atoms with Crippen LogP contribution in [0.3, 0.4) is 0 Å². The summed E-state index contributed by atoms with van der Waals surface area (Å²) < 4.78 is 0. The van der Waals surface area contributed by atoms with Crippen molar-refractivity contribution in [3.05, 3.63) is 41.0 Å². The van der Waals surface area contributed by atoms with Gasteiger partial charge in [-0.15, -0.1) is 11.3 Å². The van der Waals surface area contributed by atoms with Gasteiger partial charge in [0.1, 0.15) is 12.1 Å². The number of anilines is 1. The van der Waals surface area contributed by atoms with E-state index in [1.807, 2.05) is 23.6 Å². The first-order valence-electron chi connectivity index (χ1n) is 8.05. The molecule has 1 saturated heterocycles. The number of aromatic nitrogens is 2. The third kappa shape index (κ3) is 3.08. The Bertz CT molecular complexity index is 667. The lowest BCUT2D eigenvalue weighted by atomic mass is 9.65. The normalized spacial score (nSPS) is 26.3. The quantitative estimate of drug-likeness (QED) is 0.937. The lowest BCUT2D eigenvalue weighted by Crippen LogP contribution is -2.47. The third-order valence-corrected chi connectivity index (χ3v) is 5.87. The van der Waals surface area contributed by atoms with Crippen LogP contribution in [-0.4, -0.2) is 39.9 Å². The minimum absolute atomic E-state index is 0.275. The molecule has 0 bridgehead atoms. The monoisotopic (exact) mass is 328 g/mol. The summed E-state index contributed by atoms with van der Waals surface area (Å²) in [5.74, 6) is 1.17. The van der Waals surface area contributed by atoms with Gasteiger partial charge in [-0.2, -0.15) is 0 Å². The smallest absolute Gasteiger partial charge is 0.227 e. The molecule has 1 amide bonds. The van der Waals surface area contributed by atoms with Gasteiger partial charge in [-0.3, -0.25) is 4.79 Å². The molecule has 2 aromatic rings. The van der Waals surface area contributed by atoms with Crippen molar-refractivity contribution >= 4 is 23.1 Å². The number of hydrogen-bond acceptors (Lipinski definition) is 5. The van der Waals surface area contributed by atoms with Crippen LogP contribution in [0.25, 0.3) is 0 Å². The molecule has 0 atom stereocenters. The second kappa shape index (κ2) is 5.92. The van der Waals surface area contributed by atoms with Crippen molar-refractivity contribution in [1.82, 2.24) is 14.9 Å². The Kier molecular flexibility index (Phi) is 3.77. The van der Waals surface area contributed by atoms with E-state index in [9.17, 15) is 4.79 Å². The number of carbonyl (C=O) groups excluding carboxylic acids is 1. The van der Waals surface area contributed by atoms with Gasteiger partial charge in [0.05, 0.1) is 6.42 Å². The van der Waals surface area contributed by atoms with E-state index in [2.05, 4.69) is 20.2 Å². The minimum atomic E-state index is 0.275. The second-order valence-corrected chi connectivity index (χ2v) is 7.70. The van der Waals surface area contributed by atoms with Gasteiger partial charge < -0.3 is 10.2 Å². The molecule has 3 heterocycles. The van der Waals surface area contributed by atoms with Crippen LogP contribution in [0, 0.1) is 5.41 Å². The number of nitrogens with zero attached hydrogens (tertiary/aromatic N) is 3. The number of rotatable bonds is 4. The molecule has 2 fully saturated rings. The van der Waals surface area contributed by atoms with Crippen LogP contribution in [0.2, 0.25) is 0 Å². The number of hydrogen-bond donors (Lipinski definition) is 1. The fourth-order valence-electron chi connectivity index (χ4n) is 3.83. The fraction of sp³-hybridized carbons (Fsp3) is 0.471. The Morgan fingerprint density at radius 3 is 3.09 bits per heavy atom. The van der Waals surface area contributed by atoms with Crippen molar-refractivity contribution in [2.45, 2.75) is 31.7 Å². The molecule has 5 nitrogen and oxygen atoms in total. The molecule has 120 valence electrons. The number of nitrogens with one attached hydrogen (secondary N) is 1. The first kappa shape index (κ1) is 14.6. The molecule has 0 aromatic carbocycles. The highest BCUT2D eigenvalue weighted by Gasteiger charge is 2.49. The van der Waals surface area contributed by atoms with Gasteiger partial charge >= 0.3 is 0 Å². The van der Waals surface area contributed by atoms with E-state index in [1.54, 1.807) is 23.9 Å². The van der Waals surface area contributed by atoms with Gasteiger partial charge in [-0.25, -0.2) is 9.97 Å². The molecule has 6 heteroatoms. The van der Waals surface area contributed by atoms with E-state index >= 15 is 0 Å². The van der Waals surface area contributed by atoms with Gasteiger partial charge in [-0.05, 0) is 42.2 Å². The van der Waals surface area contributed by atoms with Crippen molar-refractivity contribution < 1.29 is 4.79 Å². The average molecular weight is 328 g/mol. The predicted molar refractivity (Wildman–Crippen MR) is 90.3 cm³/mol. The molecule has 2 aliphatic rings. The van der Waals surface area contributed by atoms with Crippen LogP contribution in [0.5, 0.6) is 0 Å². The standard InChI is InChI=1S/C17H20N4OS/c22-16(8-14-2-1-7-23-14)21-6-4-17(11-21)9-13(10-17)20-15-3-5-18-12-19-15/h1-3,5,7,12-13H,4,6,8-11H2,(H,18,19,20). The van der Waals surface area contributed by atoms with E-state index in [0.29, 0.717) is 17.9 Å². The van der Waals surface area contributed by atoms with E-state index in [4.69, 9.17) is 0 Å². The number of carbonyl (C=O) groups is 1. The summed E-state index contributed by atoms with van der Waals surface area (Å²) in [6.07, 6.45) is 7.25. The van der Waals surface area contributed by atoms with Crippen LogP contribution < -0.4 is 5.32 Å². The van der Waals surface area contributed by atoms with Crippen molar-refractivity contribution in [2.75, 3.05) is 18.4 Å². The van der Waals surface area contributed by atoms with Crippen molar-refractivity contribution in [2.24, 2.45) is 5.41 Å². The fourth-order valence-corrected chi connectivity index (χ4v) is 4.52. The van der Waals surface area contributed by atoms with Crippen LogP contribution in [0.4, 0.5) is 5.82 Å². The Morgan fingerprint density at radius 2 is 2.35 bits per heavy atom. The molecule has 1 aliphatic heterocycles. The highest BCUT2D eigenvalue weighted by atomic mass is 32.1. The van der Waals surface area contributed by atoms with E-state index in [0.717, 1.165) is 43.0 Å². The first-order chi connectivity index (χ1) is 11.2. The van der Waals surface area contributed by atoms with Gasteiger partial charge in [0, 0.05) is 30.2 Å². The summed E-state index contributed by atoms with van der Waals surface area (Å²) in [4.78, 5) is 23.8. The molecule has 1 N–H and O–H groups in total. The second-order valence-electron chi connectivity index (χ2n) is 6.67. The molecule has 2 aromatic heterocycles. The Balaban J connectivity index is 1.29. The maximum absolute atomic E-state index is 12.4. The SMILES string of the molecule is O=C(Cc1cccs1)N1CCC2(CC(Nc3ccncn3)C2)C1. The zero-order valence-corrected chi connectivity index (χ0v) is 13.8. The third-order valence-electron chi connectivity index (χ3n) is 4.99. The molecule has 1 saturated carbocycles. The molecular formula is C17H20N4OS. The zero-order valence-electron chi connectivity index (χ0n) is 12.9. The topological polar surface area (TPSA) is 58.1 Å². The zero-order chi connectivity index (χ0) is 15.7. The summed E-state index contributed by atoms with van der Waals surface area (Å²) in [7, 11) is 0. The summed E-state index contributed by atoms with van der Waals surface area (Å²) in [6, 6.07) is 6.42. The Labute approximate surface area is 139 Å². The molecule has 23 heavy (non-hydrogen) atoms. The van der Waals surface area contributed by atoms with Crippen LogP contribution >= 0.6 is 11.3 Å². The summed E-state index contributed by atoms with van der Waals surface area (Å²) in [6.45, 7) is 1.82. The van der Waals surface area contributed by atoms with Gasteiger partial charge in [0.15, 0.2) is 0 Å². The number of thiophene rings is 1. The number of amides is 1. The van der Waals surface area contributed by atoms with E-state index in [-0.39, 0.29) is 5.91 Å². The molecule has 1 spiro atoms. The van der Waals surface area contributed by atoms with Crippen LogP contribution in [0.15, 0.2) is 36.1 Å². The molecule has 0 radical (unpaired) electrons. The maximum atomic E-state index is 12.4.